The molecule has 1 heterocycles. The lowest BCUT2D eigenvalue weighted by atomic mass is 10.0. The molecule has 0 fully saturated rings. The van der Waals surface area contributed by atoms with E-state index in [1.807, 2.05) is 19.2 Å². The van der Waals surface area contributed by atoms with E-state index in [9.17, 15) is 9.90 Å². The van der Waals surface area contributed by atoms with Crippen molar-refractivity contribution in [3.8, 4) is 0 Å². The highest BCUT2D eigenvalue weighted by molar-refractivity contribution is 7.07. The molecule has 1 rings (SSSR count). The molecule has 0 aliphatic rings. The molecule has 0 radical (unpaired) electrons. The van der Waals surface area contributed by atoms with Gasteiger partial charge in [0.25, 0.3) is 0 Å². The number of thiazole rings is 1. The van der Waals surface area contributed by atoms with E-state index in [2.05, 4.69) is 15.6 Å². The van der Waals surface area contributed by atoms with Crippen LogP contribution in [-0.4, -0.2) is 35.3 Å². The fourth-order valence-electron chi connectivity index (χ4n) is 1.39. The first-order chi connectivity index (χ1) is 8.59. The molecule has 0 aromatic carbocycles. The number of urea groups is 1. The first-order valence-corrected chi connectivity index (χ1v) is 7.10. The Morgan fingerprint density at radius 2 is 2.17 bits per heavy atom. The number of carbonyl (C=O) groups excluding carboxylic acids is 1. The number of aliphatic hydroxyl groups is 1. The minimum Gasteiger partial charge on any atom is -0.393 e. The Labute approximate surface area is 112 Å². The van der Waals surface area contributed by atoms with Gasteiger partial charge in [-0.25, -0.2) is 9.78 Å². The third-order valence-corrected chi connectivity index (χ3v) is 3.28. The predicted octanol–water partition coefficient (Wildman–Crippen LogP) is 1.39. The van der Waals surface area contributed by atoms with Crippen LogP contribution in [0.15, 0.2) is 10.9 Å². The standard InChI is InChI=1S/C12H21N3O2S/c1-9(2)11(16)4-6-14-12(17)13-5-3-10-7-18-8-15-10/h7-9,11,16H,3-6H2,1-2H3,(H2,13,14,17). The quantitative estimate of drug-likeness (QED) is 0.701. The number of hydrogen-bond donors (Lipinski definition) is 3. The molecule has 0 aliphatic heterocycles. The largest absolute Gasteiger partial charge is 0.393 e. The number of hydrogen-bond acceptors (Lipinski definition) is 4. The van der Waals surface area contributed by atoms with E-state index in [-0.39, 0.29) is 18.1 Å². The Morgan fingerprint density at radius 1 is 1.44 bits per heavy atom. The Bertz CT molecular complexity index is 341. The summed E-state index contributed by atoms with van der Waals surface area (Å²) in [6.07, 6.45) is 0.961. The summed E-state index contributed by atoms with van der Waals surface area (Å²) in [6, 6.07) is -0.193. The molecule has 1 unspecified atom stereocenters. The molecule has 0 saturated heterocycles. The number of nitrogens with zero attached hydrogens (tertiary/aromatic N) is 1. The number of aliphatic hydroxyl groups excluding tert-OH is 1. The summed E-state index contributed by atoms with van der Waals surface area (Å²) in [6.45, 7) is 4.97. The Morgan fingerprint density at radius 3 is 2.78 bits per heavy atom. The topological polar surface area (TPSA) is 74.2 Å². The maximum Gasteiger partial charge on any atom is 0.314 e. The highest BCUT2D eigenvalue weighted by atomic mass is 32.1. The Kier molecular flexibility index (Phi) is 6.67. The van der Waals surface area contributed by atoms with Gasteiger partial charge in [0.2, 0.25) is 0 Å². The van der Waals surface area contributed by atoms with Gasteiger partial charge in [-0.05, 0) is 12.3 Å². The van der Waals surface area contributed by atoms with Crippen molar-refractivity contribution < 1.29 is 9.90 Å². The first-order valence-electron chi connectivity index (χ1n) is 6.16. The van der Waals surface area contributed by atoms with Crippen molar-refractivity contribution in [1.29, 1.82) is 0 Å². The lowest BCUT2D eigenvalue weighted by Crippen LogP contribution is -2.38. The number of carbonyl (C=O) groups is 1. The predicted molar refractivity (Wildman–Crippen MR) is 72.7 cm³/mol. The fraction of sp³-hybridized carbons (Fsp3) is 0.667. The number of amides is 2. The molecule has 18 heavy (non-hydrogen) atoms. The highest BCUT2D eigenvalue weighted by Crippen LogP contribution is 2.03. The zero-order valence-electron chi connectivity index (χ0n) is 10.8. The molecule has 0 bridgehead atoms. The molecule has 3 N–H and O–H groups in total. The van der Waals surface area contributed by atoms with Crippen LogP contribution in [0, 0.1) is 5.92 Å². The van der Waals surface area contributed by atoms with Gasteiger partial charge in [-0.3, -0.25) is 0 Å². The third kappa shape index (κ3) is 5.97. The van der Waals surface area contributed by atoms with E-state index >= 15 is 0 Å². The lowest BCUT2D eigenvalue weighted by molar-refractivity contribution is 0.116. The van der Waals surface area contributed by atoms with Gasteiger partial charge in [-0.1, -0.05) is 13.8 Å². The highest BCUT2D eigenvalue weighted by Gasteiger charge is 2.09. The van der Waals surface area contributed by atoms with Gasteiger partial charge in [-0.2, -0.15) is 0 Å². The van der Waals surface area contributed by atoms with Crippen LogP contribution in [0.2, 0.25) is 0 Å². The normalized spacial score (nSPS) is 12.4. The maximum absolute atomic E-state index is 11.4. The summed E-state index contributed by atoms with van der Waals surface area (Å²) < 4.78 is 0. The number of rotatable bonds is 7. The molecule has 102 valence electrons. The van der Waals surface area contributed by atoms with Gasteiger partial charge >= 0.3 is 6.03 Å². The molecule has 1 aromatic heterocycles. The SMILES string of the molecule is CC(C)C(O)CCNC(=O)NCCc1cscn1. The van der Waals surface area contributed by atoms with Gasteiger partial charge < -0.3 is 15.7 Å². The van der Waals surface area contributed by atoms with Crippen LogP contribution in [0.4, 0.5) is 4.79 Å². The number of nitrogens with one attached hydrogen (secondary N) is 2. The van der Waals surface area contributed by atoms with Crippen LogP contribution in [0.3, 0.4) is 0 Å². The summed E-state index contributed by atoms with van der Waals surface area (Å²) in [5.41, 5.74) is 2.78. The van der Waals surface area contributed by atoms with E-state index in [0.717, 1.165) is 12.1 Å². The summed E-state index contributed by atoms with van der Waals surface area (Å²) in [5, 5.41) is 17.0. The molecule has 0 aliphatic carbocycles. The minimum absolute atomic E-state index is 0.193. The smallest absolute Gasteiger partial charge is 0.314 e. The van der Waals surface area contributed by atoms with Crippen molar-refractivity contribution in [2.75, 3.05) is 13.1 Å². The van der Waals surface area contributed by atoms with Crippen LogP contribution in [-0.2, 0) is 6.42 Å². The van der Waals surface area contributed by atoms with Gasteiger partial charge in [-0.15, -0.1) is 11.3 Å². The summed E-state index contributed by atoms with van der Waals surface area (Å²) in [4.78, 5) is 15.5. The van der Waals surface area contributed by atoms with E-state index in [1.165, 1.54) is 0 Å². The van der Waals surface area contributed by atoms with E-state index in [1.54, 1.807) is 16.8 Å². The van der Waals surface area contributed by atoms with E-state index in [4.69, 9.17) is 0 Å². The first kappa shape index (κ1) is 14.9. The van der Waals surface area contributed by atoms with E-state index < -0.39 is 0 Å². The second-order valence-electron chi connectivity index (χ2n) is 4.51. The summed E-state index contributed by atoms with van der Waals surface area (Å²) in [5.74, 6) is 0.222. The van der Waals surface area contributed by atoms with Gasteiger partial charge in [0.05, 0.1) is 17.3 Å². The van der Waals surface area contributed by atoms with Crippen molar-refractivity contribution in [2.24, 2.45) is 5.92 Å². The lowest BCUT2D eigenvalue weighted by Gasteiger charge is -2.14. The Hall–Kier alpha value is -1.14. The monoisotopic (exact) mass is 271 g/mol. The van der Waals surface area contributed by atoms with Crippen LogP contribution in [0.1, 0.15) is 26.0 Å². The molecule has 6 heteroatoms. The van der Waals surface area contributed by atoms with Crippen molar-refractivity contribution in [2.45, 2.75) is 32.8 Å². The van der Waals surface area contributed by atoms with Gasteiger partial charge in [0, 0.05) is 24.9 Å². The average molecular weight is 271 g/mol. The Balaban J connectivity index is 2.04. The van der Waals surface area contributed by atoms with Crippen LogP contribution >= 0.6 is 11.3 Å². The summed E-state index contributed by atoms with van der Waals surface area (Å²) in [7, 11) is 0. The molecular weight excluding hydrogens is 250 g/mol. The number of aromatic nitrogens is 1. The molecule has 2 amide bonds. The zero-order chi connectivity index (χ0) is 13.4. The van der Waals surface area contributed by atoms with Crippen LogP contribution in [0.5, 0.6) is 0 Å². The molecular formula is C12H21N3O2S. The van der Waals surface area contributed by atoms with Gasteiger partial charge in [0.1, 0.15) is 0 Å². The van der Waals surface area contributed by atoms with Crippen molar-refractivity contribution in [3.05, 3.63) is 16.6 Å². The molecule has 5 nitrogen and oxygen atoms in total. The molecule has 1 aromatic rings. The zero-order valence-corrected chi connectivity index (χ0v) is 11.7. The molecule has 0 spiro atoms. The molecule has 0 saturated carbocycles. The van der Waals surface area contributed by atoms with Gasteiger partial charge in [0.15, 0.2) is 0 Å². The second kappa shape index (κ2) is 8.05. The van der Waals surface area contributed by atoms with Crippen molar-refractivity contribution in [1.82, 2.24) is 15.6 Å². The van der Waals surface area contributed by atoms with E-state index in [0.29, 0.717) is 19.5 Å². The van der Waals surface area contributed by atoms with Crippen molar-refractivity contribution >= 4 is 17.4 Å². The maximum atomic E-state index is 11.4. The summed E-state index contributed by atoms with van der Waals surface area (Å²) >= 11 is 1.55. The van der Waals surface area contributed by atoms with Crippen LogP contribution in [0.25, 0.3) is 0 Å². The third-order valence-electron chi connectivity index (χ3n) is 2.65. The van der Waals surface area contributed by atoms with Crippen LogP contribution < -0.4 is 10.6 Å². The average Bonchev–Trinajstić information content (AvgIpc) is 2.81. The second-order valence-corrected chi connectivity index (χ2v) is 5.23. The van der Waals surface area contributed by atoms with Crippen molar-refractivity contribution in [3.63, 3.8) is 0 Å². The molecule has 1 atom stereocenters. The fourth-order valence-corrected chi connectivity index (χ4v) is 1.99. The minimum atomic E-state index is -0.361.